The van der Waals surface area contributed by atoms with E-state index in [9.17, 15) is 9.59 Å². The average Bonchev–Trinajstić information content (AvgIpc) is 2.75. The Hall–Kier alpha value is -1.70. The van der Waals surface area contributed by atoms with Gasteiger partial charge in [-0.15, -0.1) is 0 Å². The van der Waals surface area contributed by atoms with E-state index in [0.29, 0.717) is 12.2 Å². The summed E-state index contributed by atoms with van der Waals surface area (Å²) in [6.45, 7) is 3.32. The van der Waals surface area contributed by atoms with E-state index in [1.807, 2.05) is 24.3 Å². The van der Waals surface area contributed by atoms with Crippen molar-refractivity contribution in [2.24, 2.45) is 17.6 Å². The largest absolute Gasteiger partial charge is 0.496 e. The fraction of sp³-hybridized carbons (Fsp3) is 0.565. The number of nitrogens with zero attached hydrogens (tertiary/aromatic N) is 1. The summed E-state index contributed by atoms with van der Waals surface area (Å²) in [5.74, 6) is -0.0542. The van der Waals surface area contributed by atoms with Crippen LogP contribution in [0.5, 0.6) is 0 Å². The fourth-order valence-electron chi connectivity index (χ4n) is 4.74. The summed E-state index contributed by atoms with van der Waals surface area (Å²) < 4.78 is 13.1. The summed E-state index contributed by atoms with van der Waals surface area (Å²) in [7, 11) is 0. The third-order valence-corrected chi connectivity index (χ3v) is 7.14. The van der Waals surface area contributed by atoms with Crippen molar-refractivity contribution < 1.29 is 19.1 Å². The minimum absolute atomic E-state index is 0.0220. The van der Waals surface area contributed by atoms with E-state index in [2.05, 4.69) is 20.8 Å². The van der Waals surface area contributed by atoms with Crippen LogP contribution in [0.1, 0.15) is 37.7 Å². The number of primary amides is 1. The predicted molar refractivity (Wildman–Crippen MR) is 117 cm³/mol. The lowest BCUT2D eigenvalue weighted by atomic mass is 9.78. The fourth-order valence-corrected chi connectivity index (χ4v) is 5.00. The molecule has 30 heavy (non-hydrogen) atoms. The number of fused-ring (bicyclic) bond motifs is 1. The zero-order chi connectivity index (χ0) is 21.1. The lowest BCUT2D eigenvalue weighted by molar-refractivity contribution is -0.128. The molecule has 1 saturated heterocycles. The van der Waals surface area contributed by atoms with Crippen molar-refractivity contribution >= 4 is 33.2 Å². The zero-order valence-corrected chi connectivity index (χ0v) is 18.7. The van der Waals surface area contributed by atoms with Gasteiger partial charge in [-0.05, 0) is 56.5 Å². The van der Waals surface area contributed by atoms with Crippen LogP contribution in [0, 0.1) is 11.8 Å². The number of hydrogen-bond donors (Lipinski definition) is 1. The van der Waals surface area contributed by atoms with Crippen LogP contribution in [-0.4, -0.2) is 55.0 Å². The molecule has 3 aliphatic rings. The van der Waals surface area contributed by atoms with Crippen molar-refractivity contribution in [3.8, 4) is 0 Å². The van der Waals surface area contributed by atoms with E-state index < -0.39 is 0 Å². The van der Waals surface area contributed by atoms with Gasteiger partial charge in [0, 0.05) is 23.4 Å². The molecule has 0 radical (unpaired) electrons. The normalized spacial score (nSPS) is 27.8. The highest BCUT2D eigenvalue weighted by atomic mass is 79.9. The maximum atomic E-state index is 13.0. The molecule has 0 aromatic heterocycles. The number of carbonyl (C=O) groups excluding carboxylic acids is 2. The van der Waals surface area contributed by atoms with E-state index >= 15 is 0 Å². The Balaban J connectivity index is 1.24. The number of ether oxygens (including phenoxy) is 2. The Kier molecular flexibility index (Phi) is 6.91. The third-order valence-electron chi connectivity index (χ3n) is 6.61. The molecule has 2 N–H and O–H groups in total. The molecule has 3 atom stereocenters. The monoisotopic (exact) mass is 476 g/mol. The number of halogens is 1. The number of ketones is 1. The first-order valence-electron chi connectivity index (χ1n) is 10.8. The Morgan fingerprint density at radius 2 is 1.90 bits per heavy atom. The molecule has 162 valence electrons. The number of Topliss-reactive ketones (excluding diaryl/α,β-unsaturated/α-hetero) is 1. The number of amides is 1. The van der Waals surface area contributed by atoms with Crippen molar-refractivity contribution in [3.63, 3.8) is 0 Å². The van der Waals surface area contributed by atoms with Crippen LogP contribution >= 0.6 is 15.9 Å². The summed E-state index contributed by atoms with van der Waals surface area (Å²) in [5.41, 5.74) is 6.97. The number of allylic oxidation sites excluding steroid dienone is 1. The second-order valence-electron chi connectivity index (χ2n) is 8.51. The van der Waals surface area contributed by atoms with E-state index in [0.717, 1.165) is 61.8 Å². The number of benzene rings is 1. The van der Waals surface area contributed by atoms with E-state index in [1.54, 1.807) is 6.26 Å². The van der Waals surface area contributed by atoms with E-state index in [1.165, 1.54) is 0 Å². The predicted octanol–water partition coefficient (Wildman–Crippen LogP) is 3.14. The minimum Gasteiger partial charge on any atom is -0.496 e. The summed E-state index contributed by atoms with van der Waals surface area (Å²) in [6, 6.07) is 7.77. The van der Waals surface area contributed by atoms with Crippen molar-refractivity contribution in [3.05, 3.63) is 40.6 Å². The Morgan fingerprint density at radius 3 is 2.60 bits per heavy atom. The van der Waals surface area contributed by atoms with Crippen molar-refractivity contribution in [2.75, 3.05) is 26.2 Å². The van der Waals surface area contributed by atoms with Crippen molar-refractivity contribution in [1.82, 2.24) is 4.90 Å². The van der Waals surface area contributed by atoms with Gasteiger partial charge in [0.2, 0.25) is 5.91 Å². The highest BCUT2D eigenvalue weighted by molar-refractivity contribution is 9.10. The summed E-state index contributed by atoms with van der Waals surface area (Å²) in [4.78, 5) is 26.6. The molecule has 0 bridgehead atoms. The van der Waals surface area contributed by atoms with Crippen LogP contribution in [-0.2, 0) is 19.1 Å². The molecule has 1 aromatic carbocycles. The van der Waals surface area contributed by atoms with Crippen LogP contribution in [0.25, 0.3) is 5.57 Å². The van der Waals surface area contributed by atoms with E-state index in [-0.39, 0.29) is 35.7 Å². The lowest BCUT2D eigenvalue weighted by Crippen LogP contribution is -2.43. The lowest BCUT2D eigenvalue weighted by Gasteiger charge is -2.38. The van der Waals surface area contributed by atoms with E-state index in [4.69, 9.17) is 15.2 Å². The Bertz CT molecular complexity index is 802. The van der Waals surface area contributed by atoms with Gasteiger partial charge in [-0.25, -0.2) is 0 Å². The molecule has 4 rings (SSSR count). The molecular weight excluding hydrogens is 448 g/mol. The molecule has 3 unspecified atom stereocenters. The first kappa shape index (κ1) is 21.5. The molecule has 1 amide bonds. The molecule has 6 nitrogen and oxygen atoms in total. The van der Waals surface area contributed by atoms with Crippen LogP contribution in [0.15, 0.2) is 35.0 Å². The molecule has 1 aromatic rings. The molecule has 1 aliphatic carbocycles. The molecule has 7 heteroatoms. The topological polar surface area (TPSA) is 81.9 Å². The molecule has 0 spiro atoms. The Labute approximate surface area is 185 Å². The smallest absolute Gasteiger partial charge is 0.220 e. The first-order chi connectivity index (χ1) is 14.5. The number of carbonyl (C=O) groups is 2. The standard InChI is InChI=1S/C23H29BrN2O4/c24-17-3-1-15(2-4-17)20-14-30-21-13-18(5-6-19(21)22(20)27)29-12-11-26-9-7-16(8-10-26)23(25)28/h1-4,14,16,18-19,21H,5-13H2,(H2,25,28). The van der Waals surface area contributed by atoms with Gasteiger partial charge in [0.05, 0.1) is 30.5 Å². The second-order valence-corrected chi connectivity index (χ2v) is 9.42. The van der Waals surface area contributed by atoms with Crippen LogP contribution in [0.3, 0.4) is 0 Å². The third kappa shape index (κ3) is 4.95. The van der Waals surface area contributed by atoms with Crippen LogP contribution in [0.2, 0.25) is 0 Å². The molecular formula is C23H29BrN2O4. The maximum Gasteiger partial charge on any atom is 0.220 e. The summed E-state index contributed by atoms with van der Waals surface area (Å²) in [5, 5.41) is 0. The highest BCUT2D eigenvalue weighted by Crippen LogP contribution is 2.37. The average molecular weight is 477 g/mol. The van der Waals surface area contributed by atoms with Gasteiger partial charge in [0.25, 0.3) is 0 Å². The van der Waals surface area contributed by atoms with Crippen molar-refractivity contribution in [1.29, 1.82) is 0 Å². The summed E-state index contributed by atoms with van der Waals surface area (Å²) in [6.07, 6.45) is 5.78. The van der Waals surface area contributed by atoms with Crippen LogP contribution < -0.4 is 5.73 Å². The van der Waals surface area contributed by atoms with Gasteiger partial charge in [0.1, 0.15) is 6.10 Å². The molecule has 2 fully saturated rings. The van der Waals surface area contributed by atoms with Gasteiger partial charge in [0.15, 0.2) is 5.78 Å². The maximum absolute atomic E-state index is 13.0. The van der Waals surface area contributed by atoms with Gasteiger partial charge >= 0.3 is 0 Å². The van der Waals surface area contributed by atoms with Gasteiger partial charge in [-0.3, -0.25) is 9.59 Å². The minimum atomic E-state index is -0.179. The second kappa shape index (κ2) is 9.62. The number of piperidine rings is 1. The van der Waals surface area contributed by atoms with Gasteiger partial charge in [-0.1, -0.05) is 28.1 Å². The number of hydrogen-bond acceptors (Lipinski definition) is 5. The molecule has 2 aliphatic heterocycles. The van der Waals surface area contributed by atoms with Gasteiger partial charge < -0.3 is 20.1 Å². The quantitative estimate of drug-likeness (QED) is 0.681. The van der Waals surface area contributed by atoms with Crippen molar-refractivity contribution in [2.45, 2.75) is 44.3 Å². The first-order valence-corrected chi connectivity index (χ1v) is 11.6. The van der Waals surface area contributed by atoms with Crippen LogP contribution in [0.4, 0.5) is 0 Å². The zero-order valence-electron chi connectivity index (χ0n) is 17.1. The number of nitrogens with two attached hydrogens (primary N) is 1. The number of rotatable bonds is 6. The molecule has 2 heterocycles. The summed E-state index contributed by atoms with van der Waals surface area (Å²) >= 11 is 3.43. The SMILES string of the molecule is NC(=O)C1CCN(CCOC2CCC3C(=O)C(c4ccc(Br)cc4)=COC3C2)CC1. The Morgan fingerprint density at radius 1 is 1.17 bits per heavy atom. The van der Waals surface area contributed by atoms with Gasteiger partial charge in [-0.2, -0.15) is 0 Å². The highest BCUT2D eigenvalue weighted by Gasteiger charge is 2.40. The molecule has 1 saturated carbocycles. The number of likely N-dealkylation sites (tertiary alicyclic amines) is 1.